The number of benzene rings is 4. The lowest BCUT2D eigenvalue weighted by Gasteiger charge is -2.64. The Hall–Kier alpha value is -3.32. The molecule has 3 bridgehead atoms. The molecule has 1 N–H and O–H groups in total. The van der Waals surface area contributed by atoms with Gasteiger partial charge in [0.25, 0.3) is 0 Å². The average molecular weight is 464 g/mol. The monoisotopic (exact) mass is 463 g/mol. The molecule has 0 radical (unpaired) electrons. The summed E-state index contributed by atoms with van der Waals surface area (Å²) in [6.45, 7) is 0. The van der Waals surface area contributed by atoms with Crippen LogP contribution in [0.4, 0.5) is 0 Å². The van der Waals surface area contributed by atoms with Crippen LogP contribution >= 0.6 is 0 Å². The number of aromatic nitrogens is 1. The summed E-state index contributed by atoms with van der Waals surface area (Å²) in [5.74, 6) is 3.67. The van der Waals surface area contributed by atoms with Crippen molar-refractivity contribution >= 4 is 21.8 Å². The molecule has 0 amide bonds. The van der Waals surface area contributed by atoms with Gasteiger partial charge < -0.3 is 4.98 Å². The van der Waals surface area contributed by atoms with Crippen molar-refractivity contribution < 1.29 is 0 Å². The highest BCUT2D eigenvalue weighted by Gasteiger charge is 2.79. The minimum atomic E-state index is 0.261. The first-order chi connectivity index (χ1) is 17.8. The smallest absolute Gasteiger partial charge is 0.0471 e. The zero-order valence-electron chi connectivity index (χ0n) is 20.4. The highest BCUT2D eigenvalue weighted by Crippen LogP contribution is 2.85. The molecule has 0 aliphatic heterocycles. The predicted molar refractivity (Wildman–Crippen MR) is 147 cm³/mol. The van der Waals surface area contributed by atoms with Crippen LogP contribution in [0.3, 0.4) is 0 Å². The SMILES string of the molecule is c1ccc2c(c1)-c1ccc(-c3ccc4c(c3)[nH]c3ccccc34)cc1C21C2CC3CC4CC1C2(C3)C4. The summed E-state index contributed by atoms with van der Waals surface area (Å²) in [7, 11) is 0. The molecule has 0 saturated heterocycles. The lowest BCUT2D eigenvalue weighted by molar-refractivity contribution is -0.0820. The number of hydrogen-bond acceptors (Lipinski definition) is 0. The number of rotatable bonds is 1. The normalized spacial score (nSPS) is 34.3. The van der Waals surface area contributed by atoms with Gasteiger partial charge in [-0.05, 0) is 113 Å². The molecule has 1 heterocycles. The van der Waals surface area contributed by atoms with E-state index in [2.05, 4.69) is 89.9 Å². The van der Waals surface area contributed by atoms with E-state index in [0.717, 1.165) is 23.7 Å². The first-order valence-electron chi connectivity index (χ1n) is 14.0. The number of para-hydroxylation sites is 1. The Labute approximate surface area is 211 Å². The number of H-pyrrole nitrogens is 1. The van der Waals surface area contributed by atoms with Crippen LogP contribution in [0.25, 0.3) is 44.1 Å². The fourth-order valence-electron chi connectivity index (χ4n) is 10.8. The van der Waals surface area contributed by atoms with Crippen molar-refractivity contribution in [2.75, 3.05) is 0 Å². The van der Waals surface area contributed by atoms with Gasteiger partial charge in [-0.15, -0.1) is 0 Å². The Morgan fingerprint density at radius 3 is 2.17 bits per heavy atom. The van der Waals surface area contributed by atoms with Crippen LogP contribution in [-0.4, -0.2) is 4.98 Å². The lowest BCUT2D eigenvalue weighted by Crippen LogP contribution is -2.62. The summed E-state index contributed by atoms with van der Waals surface area (Å²) in [5, 5.41) is 2.63. The molecule has 1 heteroatoms. The van der Waals surface area contributed by atoms with Crippen LogP contribution < -0.4 is 0 Å². The average Bonchev–Trinajstić information content (AvgIpc) is 3.57. The van der Waals surface area contributed by atoms with E-state index < -0.39 is 0 Å². The maximum atomic E-state index is 3.66. The minimum Gasteiger partial charge on any atom is -0.354 e. The van der Waals surface area contributed by atoms with Crippen molar-refractivity contribution in [1.29, 1.82) is 0 Å². The topological polar surface area (TPSA) is 15.8 Å². The fraction of sp³-hybridized carbons (Fsp3) is 0.314. The van der Waals surface area contributed by atoms with Crippen molar-refractivity contribution in [2.24, 2.45) is 29.1 Å². The zero-order valence-corrected chi connectivity index (χ0v) is 20.4. The van der Waals surface area contributed by atoms with E-state index in [1.807, 2.05) is 0 Å². The molecule has 4 unspecified atom stereocenters. The molecule has 174 valence electrons. The third-order valence-electron chi connectivity index (χ3n) is 11.6. The van der Waals surface area contributed by atoms with Gasteiger partial charge in [-0.2, -0.15) is 0 Å². The van der Waals surface area contributed by atoms with E-state index in [-0.39, 0.29) is 5.41 Å². The second-order valence-corrected chi connectivity index (χ2v) is 12.8. The van der Waals surface area contributed by atoms with Gasteiger partial charge in [-0.25, -0.2) is 0 Å². The van der Waals surface area contributed by atoms with E-state index >= 15 is 0 Å². The first kappa shape index (κ1) is 18.9. The van der Waals surface area contributed by atoms with E-state index in [1.165, 1.54) is 76.2 Å². The van der Waals surface area contributed by atoms with Crippen molar-refractivity contribution in [3.05, 3.63) is 96.1 Å². The molecule has 1 aromatic heterocycles. The highest BCUT2D eigenvalue weighted by molar-refractivity contribution is 6.08. The van der Waals surface area contributed by atoms with Gasteiger partial charge in [0.1, 0.15) is 0 Å². The quantitative estimate of drug-likeness (QED) is 0.256. The third-order valence-corrected chi connectivity index (χ3v) is 11.6. The van der Waals surface area contributed by atoms with Crippen LogP contribution in [0.1, 0.15) is 43.2 Å². The van der Waals surface area contributed by atoms with Crippen LogP contribution in [0.5, 0.6) is 0 Å². The van der Waals surface area contributed by atoms with Crippen LogP contribution in [-0.2, 0) is 5.41 Å². The number of hydrogen-bond donors (Lipinski definition) is 1. The Morgan fingerprint density at radius 2 is 1.28 bits per heavy atom. The molecule has 5 aliphatic carbocycles. The zero-order chi connectivity index (χ0) is 23.2. The van der Waals surface area contributed by atoms with Gasteiger partial charge in [-0.3, -0.25) is 0 Å². The van der Waals surface area contributed by atoms with Crippen molar-refractivity contribution in [3.63, 3.8) is 0 Å². The second kappa shape index (κ2) is 5.97. The van der Waals surface area contributed by atoms with Gasteiger partial charge in [0.2, 0.25) is 0 Å². The Morgan fingerprint density at radius 1 is 0.583 bits per heavy atom. The number of fused-ring (bicyclic) bond motifs is 12. The standard InChI is InChI=1S/C35H29N/c1-3-7-28-24(5-1)25-11-9-22(23-10-12-27-26-6-2-4-8-30(26)36-31(27)17-23)16-29(25)35(28)32-14-20-13-21-15-33(35)34(32,18-20)19-21/h1-12,16-17,20-21,32-33,36H,13-15,18-19H2. The third kappa shape index (κ3) is 1.92. The van der Waals surface area contributed by atoms with E-state index in [9.17, 15) is 0 Å². The number of nitrogens with one attached hydrogen (secondary N) is 1. The van der Waals surface area contributed by atoms with Crippen LogP contribution in [0.2, 0.25) is 0 Å². The summed E-state index contributed by atoms with van der Waals surface area (Å²) < 4.78 is 0. The molecule has 4 fully saturated rings. The van der Waals surface area contributed by atoms with Crippen molar-refractivity contribution in [2.45, 2.75) is 37.5 Å². The van der Waals surface area contributed by atoms with E-state index in [1.54, 1.807) is 11.1 Å². The molecule has 4 atom stereocenters. The maximum Gasteiger partial charge on any atom is 0.0471 e. The fourth-order valence-corrected chi connectivity index (χ4v) is 10.8. The van der Waals surface area contributed by atoms with Crippen molar-refractivity contribution in [3.8, 4) is 22.3 Å². The molecular formula is C35H29N. The first-order valence-corrected chi connectivity index (χ1v) is 14.0. The van der Waals surface area contributed by atoms with Crippen LogP contribution in [0.15, 0.2) is 84.9 Å². The molecular weight excluding hydrogens is 434 g/mol. The Bertz CT molecular complexity index is 1740. The number of aromatic amines is 1. The summed E-state index contributed by atoms with van der Waals surface area (Å²) in [6.07, 6.45) is 7.49. The molecule has 5 aliphatic rings. The van der Waals surface area contributed by atoms with Gasteiger partial charge in [-0.1, -0.05) is 66.7 Å². The molecule has 4 aromatic carbocycles. The van der Waals surface area contributed by atoms with Gasteiger partial charge >= 0.3 is 0 Å². The van der Waals surface area contributed by atoms with Gasteiger partial charge in [0, 0.05) is 27.2 Å². The molecule has 36 heavy (non-hydrogen) atoms. The maximum absolute atomic E-state index is 3.66. The summed E-state index contributed by atoms with van der Waals surface area (Å²) in [5.41, 5.74) is 12.4. The lowest BCUT2D eigenvalue weighted by atomic mass is 9.38. The summed E-state index contributed by atoms with van der Waals surface area (Å²) in [6, 6.07) is 32.6. The summed E-state index contributed by atoms with van der Waals surface area (Å²) in [4.78, 5) is 3.66. The molecule has 5 aromatic rings. The van der Waals surface area contributed by atoms with Gasteiger partial charge in [0.05, 0.1) is 0 Å². The van der Waals surface area contributed by atoms with E-state index in [4.69, 9.17) is 0 Å². The molecule has 10 rings (SSSR count). The second-order valence-electron chi connectivity index (χ2n) is 12.8. The summed E-state index contributed by atoms with van der Waals surface area (Å²) >= 11 is 0. The van der Waals surface area contributed by atoms with Crippen LogP contribution in [0, 0.1) is 29.1 Å². The molecule has 4 saturated carbocycles. The van der Waals surface area contributed by atoms with Crippen molar-refractivity contribution in [1.82, 2.24) is 4.98 Å². The highest BCUT2D eigenvalue weighted by atomic mass is 14.8. The Balaban J connectivity index is 1.19. The van der Waals surface area contributed by atoms with Gasteiger partial charge in [0.15, 0.2) is 0 Å². The molecule has 2 spiro atoms. The predicted octanol–water partition coefficient (Wildman–Crippen LogP) is 8.71. The Kier molecular flexibility index (Phi) is 3.13. The minimum absolute atomic E-state index is 0.261. The molecule has 1 nitrogen and oxygen atoms in total. The largest absolute Gasteiger partial charge is 0.354 e. The van der Waals surface area contributed by atoms with E-state index in [0.29, 0.717) is 5.41 Å².